The third kappa shape index (κ3) is 97.8. The summed E-state index contributed by atoms with van der Waals surface area (Å²) in [6.07, 6.45) is 0. The fourth-order valence-corrected chi connectivity index (χ4v) is 0. The van der Waals surface area contributed by atoms with Crippen molar-refractivity contribution < 1.29 is 75.8 Å². The number of hydrogen-bond donors (Lipinski definition) is 0. The normalized spacial score (nSPS) is 2.25. The number of halogens is 4. The van der Waals surface area contributed by atoms with Crippen LogP contribution in [0.15, 0.2) is 0 Å². The Kier molecular flexibility index (Phi) is 404. The fraction of sp³-hybridized carbons (Fsp3) is 1.00. The number of rotatable bonds is 0. The standard InChI is InChI=1S/C2H6N.4ClH.Zr/c1-3-2;;;;;/h1-2H3;4*1H;/q-1;;;;;+4/p-4. The van der Waals surface area contributed by atoms with E-state index in [1.165, 1.54) is 0 Å². The van der Waals surface area contributed by atoms with Crippen LogP contribution in [0, 0.1) is 0 Å². The molecule has 6 heteroatoms. The van der Waals surface area contributed by atoms with Gasteiger partial charge in [-0.05, 0) is 0 Å². The van der Waals surface area contributed by atoms with Gasteiger partial charge < -0.3 is 54.9 Å². The minimum atomic E-state index is 0. The van der Waals surface area contributed by atoms with E-state index in [-0.39, 0.29) is 75.8 Å². The molecule has 0 aliphatic heterocycles. The molecule has 0 spiro atoms. The summed E-state index contributed by atoms with van der Waals surface area (Å²) in [4.78, 5) is 0. The fourth-order valence-electron chi connectivity index (χ4n) is 0. The maximum Gasteiger partial charge on any atom is 4.00 e. The molecule has 0 aromatic carbocycles. The van der Waals surface area contributed by atoms with Gasteiger partial charge in [-0.25, -0.2) is 0 Å². The molecule has 0 aromatic rings. The zero-order valence-electron chi connectivity index (χ0n) is 4.46. The van der Waals surface area contributed by atoms with E-state index in [0.29, 0.717) is 0 Å². The molecule has 1 nitrogen and oxygen atoms in total. The van der Waals surface area contributed by atoms with Crippen LogP contribution in [0.25, 0.3) is 5.32 Å². The zero-order valence-corrected chi connectivity index (χ0v) is 9.94. The van der Waals surface area contributed by atoms with Crippen LogP contribution in [-0.4, -0.2) is 14.1 Å². The van der Waals surface area contributed by atoms with Crippen LogP contribution < -0.4 is 49.6 Å². The first-order valence-electron chi connectivity index (χ1n) is 0.894. The molecule has 0 radical (unpaired) electrons. The van der Waals surface area contributed by atoms with Crippen LogP contribution in [0.4, 0.5) is 0 Å². The van der Waals surface area contributed by atoms with Crippen molar-refractivity contribution in [1.29, 1.82) is 0 Å². The second kappa shape index (κ2) is 63.9. The van der Waals surface area contributed by atoms with E-state index in [4.69, 9.17) is 0 Å². The number of hydrogen-bond acceptors (Lipinski definition) is 0. The predicted molar refractivity (Wildman–Crippen MR) is 15.2 cm³/mol. The van der Waals surface area contributed by atoms with Gasteiger partial charge in [0.1, 0.15) is 0 Å². The molecule has 0 fully saturated rings. The molecule has 0 bridgehead atoms. The molecule has 0 saturated carbocycles. The second-order valence-corrected chi connectivity index (χ2v) is 0.447. The first-order chi connectivity index (χ1) is 1.41. The Labute approximate surface area is 94.5 Å². The van der Waals surface area contributed by atoms with Crippen molar-refractivity contribution in [1.82, 2.24) is 0 Å². The van der Waals surface area contributed by atoms with Crippen molar-refractivity contribution >= 4 is 0 Å². The van der Waals surface area contributed by atoms with E-state index in [1.807, 2.05) is 0 Å². The van der Waals surface area contributed by atoms with Crippen LogP contribution in [0.1, 0.15) is 0 Å². The summed E-state index contributed by atoms with van der Waals surface area (Å²) in [5, 5.41) is 3.50. The quantitative estimate of drug-likeness (QED) is 0.417. The van der Waals surface area contributed by atoms with Gasteiger partial charge >= 0.3 is 26.2 Å². The van der Waals surface area contributed by atoms with Crippen molar-refractivity contribution in [2.24, 2.45) is 0 Å². The molecule has 0 unspecified atom stereocenters. The van der Waals surface area contributed by atoms with E-state index in [0.717, 1.165) is 0 Å². The number of nitrogens with zero attached hydrogens (tertiary/aromatic N) is 1. The Morgan fingerprint density at radius 2 is 0.750 bits per heavy atom. The van der Waals surface area contributed by atoms with Crippen LogP contribution in [0.3, 0.4) is 0 Å². The summed E-state index contributed by atoms with van der Waals surface area (Å²) in [6, 6.07) is 0. The van der Waals surface area contributed by atoms with Gasteiger partial charge in [0, 0.05) is 0 Å². The van der Waals surface area contributed by atoms with E-state index in [2.05, 4.69) is 5.32 Å². The smallest absolute Gasteiger partial charge is 1.00 e. The summed E-state index contributed by atoms with van der Waals surface area (Å²) in [5.74, 6) is 0. The van der Waals surface area contributed by atoms with E-state index in [1.54, 1.807) is 14.1 Å². The summed E-state index contributed by atoms with van der Waals surface area (Å²) in [7, 11) is 3.50. The van der Waals surface area contributed by atoms with Crippen LogP contribution in [-0.2, 0) is 26.2 Å². The van der Waals surface area contributed by atoms with Crippen molar-refractivity contribution in [3.05, 3.63) is 5.32 Å². The molecular formula is C2H6Cl4NZr-. The molecule has 0 rings (SSSR count). The van der Waals surface area contributed by atoms with Gasteiger partial charge in [0.15, 0.2) is 0 Å². The predicted octanol–water partition coefficient (Wildman–Crippen LogP) is -11.4. The molecule has 0 heterocycles. The molecule has 0 atom stereocenters. The second-order valence-electron chi connectivity index (χ2n) is 0.447. The van der Waals surface area contributed by atoms with Gasteiger partial charge in [-0.2, -0.15) is 14.1 Å². The Bertz CT molecular complexity index is 14.0. The van der Waals surface area contributed by atoms with Gasteiger partial charge in [0.05, 0.1) is 0 Å². The van der Waals surface area contributed by atoms with Gasteiger partial charge in [-0.3, -0.25) is 0 Å². The molecule has 8 heavy (non-hydrogen) atoms. The minimum absolute atomic E-state index is 0. The largest absolute Gasteiger partial charge is 4.00 e. The Morgan fingerprint density at radius 1 is 0.750 bits per heavy atom. The monoisotopic (exact) mass is 274 g/mol. The molecular weight excluding hydrogens is 271 g/mol. The SMILES string of the molecule is C[N-]C.[Cl-].[Cl-].[Cl-].[Cl-].[Zr+4]. The van der Waals surface area contributed by atoms with Crippen LogP contribution >= 0.6 is 0 Å². The molecule has 0 aliphatic carbocycles. The minimum Gasteiger partial charge on any atom is -1.00 e. The van der Waals surface area contributed by atoms with Crippen molar-refractivity contribution in [2.75, 3.05) is 14.1 Å². The maximum absolute atomic E-state index is 3.50. The summed E-state index contributed by atoms with van der Waals surface area (Å²) < 4.78 is 0. The molecule has 0 aliphatic rings. The van der Waals surface area contributed by atoms with Crippen molar-refractivity contribution in [3.63, 3.8) is 0 Å². The Hall–Kier alpha value is 2.00. The first-order valence-corrected chi connectivity index (χ1v) is 0.894. The van der Waals surface area contributed by atoms with Gasteiger partial charge in [0.2, 0.25) is 0 Å². The summed E-state index contributed by atoms with van der Waals surface area (Å²) in [5.41, 5.74) is 0. The summed E-state index contributed by atoms with van der Waals surface area (Å²) in [6.45, 7) is 0. The zero-order chi connectivity index (χ0) is 2.71. The van der Waals surface area contributed by atoms with E-state index in [9.17, 15) is 0 Å². The van der Waals surface area contributed by atoms with Gasteiger partial charge in [-0.1, -0.05) is 0 Å². The molecule has 0 saturated heterocycles. The Balaban J connectivity index is -0.00000000200. The van der Waals surface area contributed by atoms with Crippen LogP contribution in [0.5, 0.6) is 0 Å². The van der Waals surface area contributed by atoms with Gasteiger partial charge in [-0.15, -0.1) is 0 Å². The maximum atomic E-state index is 3.50. The van der Waals surface area contributed by atoms with Gasteiger partial charge in [0.25, 0.3) is 0 Å². The third-order valence-electron chi connectivity index (χ3n) is 0. The van der Waals surface area contributed by atoms with Crippen molar-refractivity contribution in [2.45, 2.75) is 0 Å². The molecule has 0 aromatic heterocycles. The summed E-state index contributed by atoms with van der Waals surface area (Å²) >= 11 is 0. The van der Waals surface area contributed by atoms with Crippen molar-refractivity contribution in [3.8, 4) is 0 Å². The first kappa shape index (κ1) is 50.6. The van der Waals surface area contributed by atoms with E-state index >= 15 is 0 Å². The Morgan fingerprint density at radius 3 is 0.750 bits per heavy atom. The third-order valence-corrected chi connectivity index (χ3v) is 0. The average molecular weight is 277 g/mol. The average Bonchev–Trinajstić information content (AvgIpc) is 0.918. The topological polar surface area (TPSA) is 14.1 Å². The molecule has 0 N–H and O–H groups in total. The van der Waals surface area contributed by atoms with Crippen LogP contribution in [0.2, 0.25) is 0 Å². The molecule has 52 valence electrons. The van der Waals surface area contributed by atoms with E-state index < -0.39 is 0 Å². The molecule has 0 amide bonds.